The minimum absolute atomic E-state index is 0.0873. The molecule has 0 spiro atoms. The molecule has 0 aromatic heterocycles. The highest BCUT2D eigenvalue weighted by molar-refractivity contribution is 6.35. The minimum Gasteiger partial charge on any atom is -0.482 e. The first-order valence-electron chi connectivity index (χ1n) is 7.92. The molecule has 1 aromatic rings. The number of rotatable bonds is 3. The van der Waals surface area contributed by atoms with E-state index in [2.05, 4.69) is 5.10 Å². The molecule has 1 aliphatic carbocycles. The average Bonchev–Trinajstić information content (AvgIpc) is 2.88. The molecule has 1 fully saturated rings. The van der Waals surface area contributed by atoms with Crippen molar-refractivity contribution in [1.82, 2.24) is 5.01 Å². The molecular formula is C16H15Cl2F3N2O3. The van der Waals surface area contributed by atoms with Crippen LogP contribution >= 0.6 is 23.2 Å². The van der Waals surface area contributed by atoms with Crippen LogP contribution in [0.25, 0.3) is 0 Å². The van der Waals surface area contributed by atoms with Crippen LogP contribution in [0, 0.1) is 5.92 Å². The van der Waals surface area contributed by atoms with Gasteiger partial charge in [-0.15, -0.1) is 0 Å². The molecule has 5 nitrogen and oxygen atoms in total. The molecule has 26 heavy (non-hydrogen) atoms. The van der Waals surface area contributed by atoms with Gasteiger partial charge >= 0.3 is 6.18 Å². The van der Waals surface area contributed by atoms with Crippen molar-refractivity contribution >= 4 is 34.8 Å². The van der Waals surface area contributed by atoms with Crippen LogP contribution in [-0.2, 0) is 4.79 Å². The van der Waals surface area contributed by atoms with E-state index in [9.17, 15) is 23.1 Å². The summed E-state index contributed by atoms with van der Waals surface area (Å²) in [5.74, 6) is -2.28. The Balaban J connectivity index is 1.81. The molecule has 1 aliphatic heterocycles. The van der Waals surface area contributed by atoms with Crippen molar-refractivity contribution in [2.45, 2.75) is 37.6 Å². The number of amides is 1. The van der Waals surface area contributed by atoms with Gasteiger partial charge in [-0.05, 0) is 37.5 Å². The van der Waals surface area contributed by atoms with Gasteiger partial charge in [-0.2, -0.15) is 23.3 Å². The molecule has 0 radical (unpaired) electrons. The number of hydrogen-bond donors (Lipinski definition) is 1. The summed E-state index contributed by atoms with van der Waals surface area (Å²) < 4.78 is 46.0. The van der Waals surface area contributed by atoms with Crippen LogP contribution in [0.4, 0.5) is 13.2 Å². The second kappa shape index (κ2) is 6.90. The van der Waals surface area contributed by atoms with Crippen molar-refractivity contribution in [3.05, 3.63) is 28.2 Å². The van der Waals surface area contributed by atoms with E-state index in [4.69, 9.17) is 27.9 Å². The van der Waals surface area contributed by atoms with E-state index < -0.39 is 30.3 Å². The summed E-state index contributed by atoms with van der Waals surface area (Å²) in [6, 6.07) is 4.23. The number of hydrogen-bond acceptors (Lipinski definition) is 4. The van der Waals surface area contributed by atoms with Crippen LogP contribution in [0.3, 0.4) is 0 Å². The summed E-state index contributed by atoms with van der Waals surface area (Å²) in [7, 11) is 0. The van der Waals surface area contributed by atoms with Crippen molar-refractivity contribution < 1.29 is 27.8 Å². The monoisotopic (exact) mass is 410 g/mol. The van der Waals surface area contributed by atoms with Gasteiger partial charge in [0.05, 0.1) is 10.9 Å². The molecule has 0 bridgehead atoms. The first-order chi connectivity index (χ1) is 12.1. The first kappa shape index (κ1) is 19.3. The molecule has 1 aromatic carbocycles. The highest BCUT2D eigenvalue weighted by Crippen LogP contribution is 2.48. The van der Waals surface area contributed by atoms with E-state index in [1.54, 1.807) is 0 Å². The number of fused-ring (bicyclic) bond motifs is 1. The lowest BCUT2D eigenvalue weighted by atomic mass is 9.80. The third kappa shape index (κ3) is 3.25. The smallest absolute Gasteiger partial charge is 0.439 e. The van der Waals surface area contributed by atoms with Gasteiger partial charge in [0.2, 0.25) is 0 Å². The second-order valence-corrected chi connectivity index (χ2v) is 7.03. The fourth-order valence-corrected chi connectivity index (χ4v) is 3.72. The van der Waals surface area contributed by atoms with Crippen LogP contribution in [0.5, 0.6) is 5.75 Å². The summed E-state index contributed by atoms with van der Waals surface area (Å²) in [6.45, 7) is -0.761. The van der Waals surface area contributed by atoms with Gasteiger partial charge in [-0.3, -0.25) is 4.79 Å². The van der Waals surface area contributed by atoms with Gasteiger partial charge in [0.1, 0.15) is 5.75 Å². The number of carbonyl (C=O) groups is 1. The molecule has 0 unspecified atom stereocenters. The molecule has 0 saturated heterocycles. The fourth-order valence-electron chi connectivity index (χ4n) is 3.26. The van der Waals surface area contributed by atoms with E-state index in [-0.39, 0.29) is 27.9 Å². The van der Waals surface area contributed by atoms with Gasteiger partial charge in [-0.1, -0.05) is 29.6 Å². The van der Waals surface area contributed by atoms with Gasteiger partial charge in [0.15, 0.2) is 6.61 Å². The molecule has 1 N–H and O–H groups in total. The quantitative estimate of drug-likeness (QED) is 0.818. The SMILES string of the molecule is O=C(COc1ccc(Cl)cc1Cl)N1N=C2CCCC[C@@H]2[C@@]1(O)C(F)(F)F. The Labute approximate surface area is 157 Å². The van der Waals surface area contributed by atoms with Crippen LogP contribution in [0.1, 0.15) is 25.7 Å². The summed E-state index contributed by atoms with van der Waals surface area (Å²) in [6.07, 6.45) is -3.42. The zero-order chi connectivity index (χ0) is 19.1. The summed E-state index contributed by atoms with van der Waals surface area (Å²) in [5, 5.41) is 14.7. The van der Waals surface area contributed by atoms with Gasteiger partial charge in [0, 0.05) is 10.7 Å². The number of aliphatic hydroxyl groups is 1. The number of nitrogens with zero attached hydrogens (tertiary/aromatic N) is 2. The van der Waals surface area contributed by atoms with E-state index in [0.29, 0.717) is 24.3 Å². The van der Waals surface area contributed by atoms with Crippen LogP contribution in [0.15, 0.2) is 23.3 Å². The Morgan fingerprint density at radius 3 is 2.77 bits per heavy atom. The molecule has 142 valence electrons. The van der Waals surface area contributed by atoms with Gasteiger partial charge < -0.3 is 9.84 Å². The third-order valence-corrected chi connectivity index (χ3v) is 5.04. The van der Waals surface area contributed by atoms with Gasteiger partial charge in [0.25, 0.3) is 11.6 Å². The lowest BCUT2D eigenvalue weighted by molar-refractivity contribution is -0.317. The molecule has 3 rings (SSSR count). The van der Waals surface area contributed by atoms with Gasteiger partial charge in [-0.25, -0.2) is 0 Å². The van der Waals surface area contributed by atoms with E-state index in [0.717, 1.165) is 0 Å². The molecule has 2 aliphatic rings. The minimum atomic E-state index is -5.05. The van der Waals surface area contributed by atoms with Crippen molar-refractivity contribution in [2.24, 2.45) is 11.0 Å². The Kier molecular flexibility index (Phi) is 5.11. The number of halogens is 5. The third-order valence-electron chi connectivity index (χ3n) is 4.51. The van der Waals surface area contributed by atoms with Crippen molar-refractivity contribution in [3.63, 3.8) is 0 Å². The highest BCUT2D eigenvalue weighted by atomic mass is 35.5. The number of carbonyl (C=O) groups excluding carboxylic acids is 1. The zero-order valence-electron chi connectivity index (χ0n) is 13.4. The standard InChI is InChI=1S/C16H15Cl2F3N2O3/c17-9-5-6-13(11(18)7-9)26-8-14(24)23-15(25,16(19,20)21)10-3-1-2-4-12(10)22-23/h5-7,10,25H,1-4,8H2/t10-,15+/m0/s1. The Morgan fingerprint density at radius 1 is 1.38 bits per heavy atom. The maximum absolute atomic E-state index is 13.6. The number of ether oxygens (including phenoxy) is 1. The van der Waals surface area contributed by atoms with E-state index in [1.165, 1.54) is 18.2 Å². The zero-order valence-corrected chi connectivity index (χ0v) is 14.9. The predicted molar refractivity (Wildman–Crippen MR) is 89.2 cm³/mol. The second-order valence-electron chi connectivity index (χ2n) is 6.18. The molecular weight excluding hydrogens is 396 g/mol. The molecule has 1 heterocycles. The predicted octanol–water partition coefficient (Wildman–Crippen LogP) is 4.01. The summed E-state index contributed by atoms with van der Waals surface area (Å²) in [5.41, 5.74) is -3.17. The number of benzene rings is 1. The maximum atomic E-state index is 13.6. The summed E-state index contributed by atoms with van der Waals surface area (Å²) in [4.78, 5) is 12.4. The maximum Gasteiger partial charge on any atom is 0.439 e. The largest absolute Gasteiger partial charge is 0.482 e. The van der Waals surface area contributed by atoms with Crippen LogP contribution < -0.4 is 4.74 Å². The topological polar surface area (TPSA) is 62.1 Å². The molecule has 1 amide bonds. The molecule has 2 atom stereocenters. The van der Waals surface area contributed by atoms with Crippen molar-refractivity contribution in [3.8, 4) is 5.75 Å². The summed E-state index contributed by atoms with van der Waals surface area (Å²) >= 11 is 11.7. The normalized spacial score (nSPS) is 25.7. The van der Waals surface area contributed by atoms with E-state index in [1.807, 2.05) is 0 Å². The highest BCUT2D eigenvalue weighted by Gasteiger charge is 2.68. The number of hydrazone groups is 1. The molecule has 1 saturated carbocycles. The lowest BCUT2D eigenvalue weighted by Crippen LogP contribution is -2.62. The van der Waals surface area contributed by atoms with Crippen LogP contribution in [0.2, 0.25) is 10.0 Å². The molecule has 10 heteroatoms. The lowest BCUT2D eigenvalue weighted by Gasteiger charge is -2.38. The Bertz CT molecular complexity index is 757. The van der Waals surface area contributed by atoms with E-state index >= 15 is 0 Å². The Morgan fingerprint density at radius 2 is 2.12 bits per heavy atom. The first-order valence-corrected chi connectivity index (χ1v) is 8.67. The average molecular weight is 411 g/mol. The van der Waals surface area contributed by atoms with Crippen LogP contribution in [-0.4, -0.2) is 40.2 Å². The Hall–Kier alpha value is -1.51. The fraction of sp³-hybridized carbons (Fsp3) is 0.500. The number of alkyl halides is 3. The van der Waals surface area contributed by atoms with Crippen molar-refractivity contribution in [2.75, 3.05) is 6.61 Å². The van der Waals surface area contributed by atoms with Crippen molar-refractivity contribution in [1.29, 1.82) is 0 Å².